The second kappa shape index (κ2) is 13.6. The Kier molecular flexibility index (Phi) is 10.2. The first-order chi connectivity index (χ1) is 17.9. The Morgan fingerprint density at radius 2 is 1.84 bits per heavy atom. The van der Waals surface area contributed by atoms with Crippen molar-refractivity contribution in [3.63, 3.8) is 0 Å². The maximum atomic E-state index is 11.8. The third kappa shape index (κ3) is 7.17. The molecule has 2 aromatic carbocycles. The van der Waals surface area contributed by atoms with Gasteiger partial charge in [-0.05, 0) is 49.1 Å². The molecule has 0 aliphatic heterocycles. The third-order valence-corrected chi connectivity index (χ3v) is 5.98. The first kappa shape index (κ1) is 27.9. The fraction of sp³-hybridized carbons (Fsp3) is 0.346. The quantitative estimate of drug-likeness (QED) is 0.205. The standard InChI is InChI=1S/C26H30N4O6S/c1-16-28-25(30-36-16)17-7-9-20(10-8-17)29-23(26(37-6)27-15-22(31)34-4)19-13-18(11-12-32-2)24(35-5)21(14-19)33-3/h7-10,13-14H,11-12,15H2,1-6H3. The minimum absolute atomic E-state index is 0.133. The molecule has 0 aliphatic carbocycles. The van der Waals surface area contributed by atoms with Crippen LogP contribution in [-0.4, -0.2) is 74.7 Å². The summed E-state index contributed by atoms with van der Waals surface area (Å²) in [5, 5.41) is 4.52. The number of hydrogen-bond acceptors (Lipinski definition) is 11. The Bertz CT molecular complexity index is 1270. The number of carbonyl (C=O) groups excluding carboxylic acids is 1. The van der Waals surface area contributed by atoms with Gasteiger partial charge in [0.25, 0.3) is 0 Å². The summed E-state index contributed by atoms with van der Waals surface area (Å²) >= 11 is 1.38. The lowest BCUT2D eigenvalue weighted by Gasteiger charge is -2.17. The summed E-state index contributed by atoms with van der Waals surface area (Å²) in [5.74, 6) is 1.72. The Morgan fingerprint density at radius 3 is 2.41 bits per heavy atom. The zero-order chi connectivity index (χ0) is 26.8. The van der Waals surface area contributed by atoms with Crippen molar-refractivity contribution < 1.29 is 28.3 Å². The Hall–Kier alpha value is -3.70. The number of aryl methyl sites for hydroxylation is 1. The molecule has 37 heavy (non-hydrogen) atoms. The number of thioether (sulfide) groups is 1. The number of methoxy groups -OCH3 is 4. The molecule has 0 bridgehead atoms. The molecule has 196 valence electrons. The van der Waals surface area contributed by atoms with Crippen LogP contribution >= 0.6 is 11.8 Å². The number of ether oxygens (including phenoxy) is 4. The van der Waals surface area contributed by atoms with Gasteiger partial charge in [0.2, 0.25) is 11.7 Å². The smallest absolute Gasteiger partial charge is 0.327 e. The second-order valence-electron chi connectivity index (χ2n) is 7.66. The topological polar surface area (TPSA) is 118 Å². The molecule has 0 N–H and O–H groups in total. The van der Waals surface area contributed by atoms with E-state index < -0.39 is 5.97 Å². The monoisotopic (exact) mass is 526 g/mol. The van der Waals surface area contributed by atoms with E-state index in [-0.39, 0.29) is 6.54 Å². The highest BCUT2D eigenvalue weighted by atomic mass is 32.2. The largest absolute Gasteiger partial charge is 0.493 e. The minimum Gasteiger partial charge on any atom is -0.493 e. The van der Waals surface area contributed by atoms with Crippen LogP contribution in [0.4, 0.5) is 5.69 Å². The molecular formula is C26H30N4O6S. The van der Waals surface area contributed by atoms with E-state index in [4.69, 9.17) is 28.5 Å². The number of rotatable bonds is 11. The van der Waals surface area contributed by atoms with Gasteiger partial charge in [-0.2, -0.15) is 4.98 Å². The van der Waals surface area contributed by atoms with Crippen molar-refractivity contribution in [3.05, 3.63) is 53.4 Å². The van der Waals surface area contributed by atoms with Crippen molar-refractivity contribution in [3.8, 4) is 22.9 Å². The van der Waals surface area contributed by atoms with E-state index in [1.807, 2.05) is 42.7 Å². The van der Waals surface area contributed by atoms with Gasteiger partial charge in [-0.1, -0.05) is 5.16 Å². The average molecular weight is 527 g/mol. The molecule has 11 heteroatoms. The highest BCUT2D eigenvalue weighted by molar-refractivity contribution is 8.15. The van der Waals surface area contributed by atoms with Crippen molar-refractivity contribution in [2.24, 2.45) is 9.98 Å². The van der Waals surface area contributed by atoms with E-state index >= 15 is 0 Å². The van der Waals surface area contributed by atoms with Gasteiger partial charge in [0.15, 0.2) is 11.5 Å². The van der Waals surface area contributed by atoms with Crippen molar-refractivity contribution in [2.75, 3.05) is 47.8 Å². The summed E-state index contributed by atoms with van der Waals surface area (Å²) in [6, 6.07) is 11.2. The van der Waals surface area contributed by atoms with Gasteiger partial charge in [0, 0.05) is 30.7 Å². The summed E-state index contributed by atoms with van der Waals surface area (Å²) in [4.78, 5) is 25.5. The number of aromatic nitrogens is 2. The Morgan fingerprint density at radius 1 is 1.08 bits per heavy atom. The zero-order valence-electron chi connectivity index (χ0n) is 21.7. The second-order valence-corrected chi connectivity index (χ2v) is 8.45. The van der Waals surface area contributed by atoms with Gasteiger partial charge in [0.05, 0.1) is 33.6 Å². The van der Waals surface area contributed by atoms with Gasteiger partial charge in [0.1, 0.15) is 17.3 Å². The maximum Gasteiger partial charge on any atom is 0.327 e. The maximum absolute atomic E-state index is 11.8. The van der Waals surface area contributed by atoms with Crippen molar-refractivity contribution >= 4 is 34.2 Å². The zero-order valence-corrected chi connectivity index (χ0v) is 22.5. The van der Waals surface area contributed by atoms with Crippen LogP contribution in [0.25, 0.3) is 11.4 Å². The van der Waals surface area contributed by atoms with Crippen LogP contribution in [-0.2, 0) is 20.7 Å². The van der Waals surface area contributed by atoms with Crippen molar-refractivity contribution in [2.45, 2.75) is 13.3 Å². The van der Waals surface area contributed by atoms with E-state index in [1.54, 1.807) is 28.3 Å². The predicted octanol–water partition coefficient (Wildman–Crippen LogP) is 4.31. The van der Waals surface area contributed by atoms with Crippen LogP contribution in [0.3, 0.4) is 0 Å². The molecular weight excluding hydrogens is 496 g/mol. The van der Waals surface area contributed by atoms with E-state index in [9.17, 15) is 4.79 Å². The summed E-state index contributed by atoms with van der Waals surface area (Å²) in [7, 11) is 6.15. The Labute approximate surface area is 220 Å². The number of nitrogens with zero attached hydrogens (tertiary/aromatic N) is 4. The molecule has 0 amide bonds. The molecule has 1 aromatic heterocycles. The van der Waals surface area contributed by atoms with Crippen LogP contribution in [0, 0.1) is 6.92 Å². The molecule has 3 aromatic rings. The fourth-order valence-corrected chi connectivity index (χ4v) is 4.03. The van der Waals surface area contributed by atoms with Crippen molar-refractivity contribution in [1.29, 1.82) is 0 Å². The minimum atomic E-state index is -0.446. The molecule has 0 atom stereocenters. The van der Waals surface area contributed by atoms with Gasteiger partial charge in [-0.15, -0.1) is 11.8 Å². The average Bonchev–Trinajstić information content (AvgIpc) is 3.37. The Balaban J connectivity index is 2.14. The highest BCUT2D eigenvalue weighted by Crippen LogP contribution is 2.34. The number of hydrogen-bond donors (Lipinski definition) is 0. The normalized spacial score (nSPS) is 11.9. The fourth-order valence-electron chi connectivity index (χ4n) is 3.48. The molecule has 10 nitrogen and oxygen atoms in total. The SMILES string of the molecule is COCCc1cc(C(=Nc2ccc(-c3noc(C)n3)cc2)C(=NCC(=O)OC)SC)cc(OC)c1OC. The number of aliphatic imine (C=N–C) groups is 2. The van der Waals surface area contributed by atoms with E-state index in [0.29, 0.717) is 52.7 Å². The molecule has 3 rings (SSSR count). The van der Waals surface area contributed by atoms with Crippen molar-refractivity contribution in [1.82, 2.24) is 10.1 Å². The summed E-state index contributed by atoms with van der Waals surface area (Å²) in [6.45, 7) is 2.10. The van der Waals surface area contributed by atoms with Gasteiger partial charge >= 0.3 is 5.97 Å². The van der Waals surface area contributed by atoms with E-state index in [1.165, 1.54) is 18.9 Å². The van der Waals surface area contributed by atoms with Gasteiger partial charge in [-0.25, -0.2) is 4.99 Å². The molecule has 0 saturated heterocycles. The lowest BCUT2D eigenvalue weighted by Crippen LogP contribution is -2.16. The highest BCUT2D eigenvalue weighted by Gasteiger charge is 2.19. The first-order valence-corrected chi connectivity index (χ1v) is 12.6. The van der Waals surface area contributed by atoms with Crippen LogP contribution < -0.4 is 9.47 Å². The van der Waals surface area contributed by atoms with Crippen LogP contribution in [0.5, 0.6) is 11.5 Å². The third-order valence-electron chi connectivity index (χ3n) is 5.27. The first-order valence-electron chi connectivity index (χ1n) is 11.3. The summed E-state index contributed by atoms with van der Waals surface area (Å²) in [6.07, 6.45) is 2.48. The van der Waals surface area contributed by atoms with Crippen LogP contribution in [0.15, 0.2) is 50.9 Å². The molecule has 0 aliphatic rings. The van der Waals surface area contributed by atoms with Crippen LogP contribution in [0.1, 0.15) is 17.0 Å². The number of benzene rings is 2. The number of esters is 1. The molecule has 1 heterocycles. The number of carbonyl (C=O) groups is 1. The van der Waals surface area contributed by atoms with Crippen LogP contribution in [0.2, 0.25) is 0 Å². The van der Waals surface area contributed by atoms with E-state index in [2.05, 4.69) is 15.1 Å². The lowest BCUT2D eigenvalue weighted by molar-refractivity contribution is -0.138. The molecule has 0 spiro atoms. The van der Waals surface area contributed by atoms with E-state index in [0.717, 1.165) is 16.7 Å². The summed E-state index contributed by atoms with van der Waals surface area (Å²) < 4.78 is 26.4. The molecule has 0 unspecified atom stereocenters. The molecule has 0 saturated carbocycles. The predicted molar refractivity (Wildman–Crippen MR) is 144 cm³/mol. The summed E-state index contributed by atoms with van der Waals surface area (Å²) in [5.41, 5.74) is 3.68. The van der Waals surface area contributed by atoms with Gasteiger partial charge < -0.3 is 23.5 Å². The molecule has 0 radical (unpaired) electrons. The lowest BCUT2D eigenvalue weighted by atomic mass is 10.0. The molecule has 0 fully saturated rings. The van der Waals surface area contributed by atoms with Gasteiger partial charge in [-0.3, -0.25) is 9.79 Å².